The Hall–Kier alpha value is -4.58. The molecule has 0 aliphatic carbocycles. The van der Waals surface area contributed by atoms with Crippen LogP contribution in [-0.4, -0.2) is 41.2 Å². The van der Waals surface area contributed by atoms with Crippen LogP contribution in [-0.2, 0) is 20.0 Å². The molecular weight excluding hydrogens is 529 g/mol. The summed E-state index contributed by atoms with van der Waals surface area (Å²) in [4.78, 5) is 45.6. The lowest BCUT2D eigenvalue weighted by Crippen LogP contribution is -2.50. The Morgan fingerprint density at radius 1 is 1.08 bits per heavy atom. The number of benzene rings is 3. The molecule has 0 spiro atoms. The number of nitrogens with one attached hydrogen (secondary N) is 2. The van der Waals surface area contributed by atoms with Crippen LogP contribution in [0.3, 0.4) is 0 Å². The Balaban J connectivity index is 1.79. The van der Waals surface area contributed by atoms with Crippen molar-refractivity contribution < 1.29 is 37.0 Å². The van der Waals surface area contributed by atoms with Crippen LogP contribution >= 0.6 is 11.6 Å². The summed E-state index contributed by atoms with van der Waals surface area (Å²) < 4.78 is 50.6. The molecule has 1 atom stereocenters. The number of ether oxygens (including phenoxy) is 2. The molecule has 1 aliphatic rings. The predicted octanol–water partition coefficient (Wildman–Crippen LogP) is 5.36. The summed E-state index contributed by atoms with van der Waals surface area (Å²) in [6.45, 7) is 0. The molecule has 2 amide bonds. The lowest BCUT2D eigenvalue weighted by Gasteiger charge is -2.39. The number of amides is 2. The van der Waals surface area contributed by atoms with Gasteiger partial charge >= 0.3 is 18.2 Å². The monoisotopic (exact) mass is 544 g/mol. The molecule has 38 heavy (non-hydrogen) atoms. The van der Waals surface area contributed by atoms with Crippen molar-refractivity contribution in [3.8, 4) is 0 Å². The normalized spacial score (nSPS) is 16.9. The molecule has 3 aromatic carbocycles. The van der Waals surface area contributed by atoms with Crippen molar-refractivity contribution in [1.29, 1.82) is 0 Å². The summed E-state index contributed by atoms with van der Waals surface area (Å²) in [6.07, 6.45) is -6.19. The fraction of sp³-hybridized carbons (Fsp3) is 0.120. The first-order valence-electron chi connectivity index (χ1n) is 10.9. The zero-order valence-electron chi connectivity index (χ0n) is 19.3. The van der Waals surface area contributed by atoms with E-state index in [1.807, 2.05) is 0 Å². The largest absolute Gasteiger partial charge is 0.491 e. The van der Waals surface area contributed by atoms with Crippen LogP contribution in [0.5, 0.6) is 0 Å². The molecule has 13 heteroatoms. The molecule has 0 bridgehead atoms. The maximum atomic E-state index is 13.7. The molecule has 5 rings (SSSR count). The molecule has 4 aromatic rings. The van der Waals surface area contributed by atoms with Gasteiger partial charge in [0.25, 0.3) is 5.91 Å². The van der Waals surface area contributed by atoms with Gasteiger partial charge in [0.2, 0.25) is 11.7 Å². The number of alkyl halides is 3. The highest BCUT2D eigenvalue weighted by Gasteiger charge is 2.58. The smallest absolute Gasteiger partial charge is 0.453 e. The third kappa shape index (κ3) is 3.98. The number of nitrogens with zero attached hydrogens (tertiary/aromatic N) is 2. The molecule has 0 saturated carbocycles. The standard InChI is InChI=1S/C25H16ClF3N4O5/c1-37-23(36)32-22-30-17-11-10-13(12-18(17)31-22)24(38-21(35)25(27,28)29)15-7-3-2-6-14(15)20(34)33(24)19-9-5-4-8-16(19)26/h2-12H,1H3,(H2,30,31,32,36). The van der Waals surface area contributed by atoms with Crippen LogP contribution in [0.4, 0.5) is 29.6 Å². The van der Waals surface area contributed by atoms with Crippen LogP contribution in [0.2, 0.25) is 5.02 Å². The van der Waals surface area contributed by atoms with Gasteiger partial charge in [0, 0.05) is 16.7 Å². The number of hydrogen-bond donors (Lipinski definition) is 2. The van der Waals surface area contributed by atoms with Crippen molar-refractivity contribution in [2.75, 3.05) is 17.3 Å². The summed E-state index contributed by atoms with van der Waals surface area (Å²) in [7, 11) is 1.16. The van der Waals surface area contributed by atoms with Crippen LogP contribution in [0.1, 0.15) is 21.5 Å². The predicted molar refractivity (Wildman–Crippen MR) is 130 cm³/mol. The number of carbonyl (C=O) groups excluding carboxylic acids is 3. The quantitative estimate of drug-likeness (QED) is 0.334. The summed E-state index contributed by atoms with van der Waals surface area (Å²) in [5.41, 5.74) is -1.82. The number of methoxy groups -OCH3 is 1. The van der Waals surface area contributed by atoms with E-state index >= 15 is 0 Å². The molecule has 1 aliphatic heterocycles. The van der Waals surface area contributed by atoms with Crippen molar-refractivity contribution in [2.45, 2.75) is 11.9 Å². The Bertz CT molecular complexity index is 1610. The number of aromatic nitrogens is 2. The minimum absolute atomic E-state index is 0.00352. The van der Waals surface area contributed by atoms with Gasteiger partial charge < -0.3 is 14.5 Å². The van der Waals surface area contributed by atoms with Crippen LogP contribution in [0.25, 0.3) is 11.0 Å². The number of aromatic amines is 1. The van der Waals surface area contributed by atoms with E-state index in [0.717, 1.165) is 12.0 Å². The van der Waals surface area contributed by atoms with Crippen LogP contribution in [0, 0.1) is 0 Å². The highest BCUT2D eigenvalue weighted by Crippen LogP contribution is 2.50. The summed E-state index contributed by atoms with van der Waals surface area (Å²) >= 11 is 6.39. The average molecular weight is 545 g/mol. The van der Waals surface area contributed by atoms with Gasteiger partial charge in [0.1, 0.15) is 0 Å². The molecule has 0 saturated heterocycles. The summed E-state index contributed by atoms with van der Waals surface area (Å²) in [5, 5.41) is 2.39. The van der Waals surface area contributed by atoms with E-state index in [1.165, 1.54) is 60.7 Å². The van der Waals surface area contributed by atoms with Gasteiger partial charge in [-0.05, 0) is 30.3 Å². The molecule has 194 valence electrons. The number of esters is 1. The van der Waals surface area contributed by atoms with E-state index in [1.54, 1.807) is 6.07 Å². The molecule has 2 N–H and O–H groups in total. The molecule has 2 heterocycles. The van der Waals surface area contributed by atoms with Gasteiger partial charge in [-0.2, -0.15) is 13.2 Å². The van der Waals surface area contributed by atoms with E-state index in [-0.39, 0.29) is 38.9 Å². The van der Waals surface area contributed by atoms with Crippen LogP contribution in [0.15, 0.2) is 66.7 Å². The van der Waals surface area contributed by atoms with E-state index in [2.05, 4.69) is 20.0 Å². The molecule has 0 radical (unpaired) electrons. The number of rotatable bonds is 4. The lowest BCUT2D eigenvalue weighted by molar-refractivity contribution is -0.211. The van der Waals surface area contributed by atoms with Crippen molar-refractivity contribution in [1.82, 2.24) is 9.97 Å². The van der Waals surface area contributed by atoms with Crippen molar-refractivity contribution in [2.24, 2.45) is 0 Å². The summed E-state index contributed by atoms with van der Waals surface area (Å²) in [5.74, 6) is -3.26. The topological polar surface area (TPSA) is 114 Å². The van der Waals surface area contributed by atoms with Crippen molar-refractivity contribution in [3.05, 3.63) is 88.4 Å². The zero-order valence-corrected chi connectivity index (χ0v) is 20.1. The van der Waals surface area contributed by atoms with Crippen LogP contribution < -0.4 is 10.2 Å². The van der Waals surface area contributed by atoms with Gasteiger partial charge in [0.15, 0.2) is 0 Å². The summed E-state index contributed by atoms with van der Waals surface area (Å²) in [6, 6.07) is 16.0. The lowest BCUT2D eigenvalue weighted by atomic mass is 9.92. The van der Waals surface area contributed by atoms with Crippen molar-refractivity contribution >= 4 is 52.2 Å². The highest BCUT2D eigenvalue weighted by atomic mass is 35.5. The Kier molecular flexibility index (Phi) is 5.98. The third-order valence-corrected chi connectivity index (χ3v) is 6.20. The van der Waals surface area contributed by atoms with E-state index in [4.69, 9.17) is 16.3 Å². The second-order valence-electron chi connectivity index (χ2n) is 8.10. The number of carbonyl (C=O) groups is 3. The van der Waals surface area contributed by atoms with E-state index in [0.29, 0.717) is 5.52 Å². The Labute approximate surface area is 217 Å². The maximum Gasteiger partial charge on any atom is 0.491 e. The number of fused-ring (bicyclic) bond motifs is 2. The maximum absolute atomic E-state index is 13.7. The minimum atomic E-state index is -5.38. The molecular formula is C25H16ClF3N4O5. The first kappa shape index (κ1) is 25.1. The second kappa shape index (κ2) is 9.06. The van der Waals surface area contributed by atoms with E-state index in [9.17, 15) is 27.6 Å². The number of H-pyrrole nitrogens is 1. The zero-order chi connectivity index (χ0) is 27.2. The number of imidazole rings is 1. The number of hydrogen-bond acceptors (Lipinski definition) is 6. The van der Waals surface area contributed by atoms with Gasteiger partial charge in [-0.1, -0.05) is 48.0 Å². The Morgan fingerprint density at radius 2 is 1.79 bits per heavy atom. The molecule has 1 aromatic heterocycles. The fourth-order valence-corrected chi connectivity index (χ4v) is 4.54. The van der Waals surface area contributed by atoms with Gasteiger partial charge in [0.05, 0.1) is 28.9 Å². The SMILES string of the molecule is COC(=O)Nc1nc2ccc(C3(OC(=O)C(F)(F)F)c4ccccc4C(=O)N3c3ccccc3Cl)cc2[nH]1. The molecule has 9 nitrogen and oxygen atoms in total. The third-order valence-electron chi connectivity index (χ3n) is 5.88. The average Bonchev–Trinajstić information content (AvgIpc) is 3.40. The second-order valence-corrected chi connectivity index (χ2v) is 8.51. The fourth-order valence-electron chi connectivity index (χ4n) is 4.32. The number of para-hydroxylation sites is 1. The Morgan fingerprint density at radius 3 is 2.50 bits per heavy atom. The molecule has 1 unspecified atom stereocenters. The highest BCUT2D eigenvalue weighted by molar-refractivity contribution is 6.34. The molecule has 0 fully saturated rings. The number of halogens is 4. The first-order chi connectivity index (χ1) is 18.1. The van der Waals surface area contributed by atoms with E-state index < -0.39 is 29.9 Å². The number of anilines is 2. The van der Waals surface area contributed by atoms with Gasteiger partial charge in [-0.15, -0.1) is 0 Å². The van der Waals surface area contributed by atoms with Crippen molar-refractivity contribution in [3.63, 3.8) is 0 Å². The first-order valence-corrected chi connectivity index (χ1v) is 11.3. The van der Waals surface area contributed by atoms with Gasteiger partial charge in [-0.25, -0.2) is 14.6 Å². The van der Waals surface area contributed by atoms with Gasteiger partial charge in [-0.3, -0.25) is 15.0 Å². The minimum Gasteiger partial charge on any atom is -0.453 e.